The summed E-state index contributed by atoms with van der Waals surface area (Å²) in [6, 6.07) is 2.69. The molecule has 0 bridgehead atoms. The van der Waals surface area contributed by atoms with E-state index in [4.69, 9.17) is 0 Å². The standard InChI is InChI=1S/C23H36O3/c1-2-3-4-5-6-7-8-9-10-11-12-13-14-15-16-17-20-18-21(24)19-22(25)23(20)26/h6-7,9-10,18-19,24-26H,2-5,8,11-17H2,1H3/b7-6-,10-9-. The molecule has 1 aromatic rings. The van der Waals surface area contributed by atoms with Gasteiger partial charge in [0.1, 0.15) is 5.75 Å². The summed E-state index contributed by atoms with van der Waals surface area (Å²) in [5, 5.41) is 28.7. The van der Waals surface area contributed by atoms with Crippen LogP contribution in [0.1, 0.15) is 83.1 Å². The van der Waals surface area contributed by atoms with Gasteiger partial charge in [0.25, 0.3) is 0 Å². The average molecular weight is 361 g/mol. The first-order chi connectivity index (χ1) is 12.6. The van der Waals surface area contributed by atoms with Crippen LogP contribution in [0.2, 0.25) is 0 Å². The third kappa shape index (κ3) is 10.2. The van der Waals surface area contributed by atoms with E-state index in [1.54, 1.807) is 0 Å². The first-order valence-electron chi connectivity index (χ1n) is 10.2. The lowest BCUT2D eigenvalue weighted by molar-refractivity contribution is 0.391. The molecule has 0 spiro atoms. The van der Waals surface area contributed by atoms with Gasteiger partial charge in [0.05, 0.1) is 0 Å². The smallest absolute Gasteiger partial charge is 0.161 e. The quantitative estimate of drug-likeness (QED) is 0.148. The van der Waals surface area contributed by atoms with Crippen molar-refractivity contribution in [1.29, 1.82) is 0 Å². The summed E-state index contributed by atoms with van der Waals surface area (Å²) >= 11 is 0. The molecule has 0 heterocycles. The summed E-state index contributed by atoms with van der Waals surface area (Å²) in [6.45, 7) is 2.23. The highest BCUT2D eigenvalue weighted by atomic mass is 16.3. The number of phenolic OH excluding ortho intramolecular Hbond substituents is 3. The molecular weight excluding hydrogens is 324 g/mol. The zero-order valence-corrected chi connectivity index (χ0v) is 16.3. The van der Waals surface area contributed by atoms with E-state index in [0.717, 1.165) is 31.7 Å². The SMILES string of the molecule is CCCCC/C=C\C/C=C\CCCCCCCc1cc(O)cc(O)c1O. The molecule has 3 nitrogen and oxygen atoms in total. The van der Waals surface area contributed by atoms with Gasteiger partial charge in [-0.15, -0.1) is 0 Å². The highest BCUT2D eigenvalue weighted by Gasteiger charge is 2.08. The van der Waals surface area contributed by atoms with E-state index in [1.807, 2.05) is 0 Å². The fraction of sp³-hybridized carbons (Fsp3) is 0.565. The van der Waals surface area contributed by atoms with Crippen LogP contribution < -0.4 is 0 Å². The Balaban J connectivity index is 1.99. The second-order valence-corrected chi connectivity index (χ2v) is 6.95. The Morgan fingerprint density at radius 3 is 2.04 bits per heavy atom. The van der Waals surface area contributed by atoms with E-state index in [1.165, 1.54) is 51.0 Å². The molecule has 0 radical (unpaired) electrons. The van der Waals surface area contributed by atoms with Gasteiger partial charge < -0.3 is 15.3 Å². The van der Waals surface area contributed by atoms with Gasteiger partial charge in [0, 0.05) is 11.6 Å². The molecule has 0 atom stereocenters. The Kier molecular flexibility index (Phi) is 12.2. The van der Waals surface area contributed by atoms with Gasteiger partial charge in [-0.25, -0.2) is 0 Å². The molecule has 1 rings (SSSR count). The van der Waals surface area contributed by atoms with Crippen LogP contribution in [0.5, 0.6) is 17.2 Å². The Morgan fingerprint density at radius 1 is 0.731 bits per heavy atom. The average Bonchev–Trinajstić information content (AvgIpc) is 2.62. The van der Waals surface area contributed by atoms with E-state index in [-0.39, 0.29) is 17.2 Å². The summed E-state index contributed by atoms with van der Waals surface area (Å²) in [5.74, 6) is -0.354. The Labute approximate surface area is 159 Å². The van der Waals surface area contributed by atoms with Crippen LogP contribution in [0.3, 0.4) is 0 Å². The molecule has 0 fully saturated rings. The molecule has 0 aliphatic heterocycles. The first kappa shape index (κ1) is 22.1. The second-order valence-electron chi connectivity index (χ2n) is 6.95. The van der Waals surface area contributed by atoms with Crippen LogP contribution >= 0.6 is 0 Å². The van der Waals surface area contributed by atoms with Crippen molar-refractivity contribution in [3.05, 3.63) is 42.0 Å². The van der Waals surface area contributed by atoms with Crippen LogP contribution in [0.15, 0.2) is 36.4 Å². The molecular formula is C23H36O3. The molecule has 3 heteroatoms. The van der Waals surface area contributed by atoms with Gasteiger partial charge in [-0.1, -0.05) is 63.3 Å². The Hall–Kier alpha value is -1.90. The summed E-state index contributed by atoms with van der Waals surface area (Å²) in [7, 11) is 0. The molecule has 0 aromatic heterocycles. The number of phenols is 3. The lowest BCUT2D eigenvalue weighted by Gasteiger charge is -2.07. The summed E-state index contributed by atoms with van der Waals surface area (Å²) in [5.41, 5.74) is 0.619. The highest BCUT2D eigenvalue weighted by molar-refractivity contribution is 5.49. The van der Waals surface area contributed by atoms with Crippen LogP contribution in [-0.4, -0.2) is 15.3 Å². The summed E-state index contributed by atoms with van der Waals surface area (Å²) in [4.78, 5) is 0. The van der Waals surface area contributed by atoms with Gasteiger partial charge in [-0.2, -0.15) is 0 Å². The zero-order valence-electron chi connectivity index (χ0n) is 16.3. The molecule has 0 aliphatic carbocycles. The largest absolute Gasteiger partial charge is 0.508 e. The van der Waals surface area contributed by atoms with Crippen molar-refractivity contribution < 1.29 is 15.3 Å². The van der Waals surface area contributed by atoms with Gasteiger partial charge in [-0.3, -0.25) is 0 Å². The molecule has 0 aliphatic rings. The maximum atomic E-state index is 9.76. The van der Waals surface area contributed by atoms with E-state index >= 15 is 0 Å². The third-order valence-corrected chi connectivity index (χ3v) is 4.55. The number of allylic oxidation sites excluding steroid dienone is 4. The Morgan fingerprint density at radius 2 is 1.35 bits per heavy atom. The van der Waals surface area contributed by atoms with Crippen molar-refractivity contribution in [2.24, 2.45) is 0 Å². The predicted octanol–water partition coefficient (Wildman–Crippen LogP) is 6.77. The fourth-order valence-corrected chi connectivity index (χ4v) is 2.98. The first-order valence-corrected chi connectivity index (χ1v) is 10.2. The lowest BCUT2D eigenvalue weighted by atomic mass is 10.0. The molecule has 0 unspecified atom stereocenters. The number of unbranched alkanes of at least 4 members (excludes halogenated alkanes) is 8. The predicted molar refractivity (Wildman–Crippen MR) is 110 cm³/mol. The molecule has 1 aromatic carbocycles. The maximum Gasteiger partial charge on any atom is 0.161 e. The zero-order chi connectivity index (χ0) is 19.0. The number of hydrogen-bond donors (Lipinski definition) is 3. The van der Waals surface area contributed by atoms with Gasteiger partial charge >= 0.3 is 0 Å². The number of aryl methyl sites for hydroxylation is 1. The van der Waals surface area contributed by atoms with Crippen molar-refractivity contribution in [3.8, 4) is 17.2 Å². The minimum absolute atomic E-state index is 0.00195. The van der Waals surface area contributed by atoms with E-state index in [0.29, 0.717) is 12.0 Å². The number of rotatable bonds is 14. The van der Waals surface area contributed by atoms with Gasteiger partial charge in [0.15, 0.2) is 11.5 Å². The maximum absolute atomic E-state index is 9.76. The van der Waals surface area contributed by atoms with Crippen molar-refractivity contribution in [2.45, 2.75) is 84.0 Å². The highest BCUT2D eigenvalue weighted by Crippen LogP contribution is 2.34. The van der Waals surface area contributed by atoms with Crippen LogP contribution in [0, 0.1) is 0 Å². The molecule has 0 saturated heterocycles. The van der Waals surface area contributed by atoms with Crippen LogP contribution in [0.25, 0.3) is 0 Å². The van der Waals surface area contributed by atoms with E-state index < -0.39 is 0 Å². The fourth-order valence-electron chi connectivity index (χ4n) is 2.98. The summed E-state index contributed by atoms with van der Waals surface area (Å²) < 4.78 is 0. The lowest BCUT2D eigenvalue weighted by Crippen LogP contribution is -1.88. The minimum atomic E-state index is -0.248. The topological polar surface area (TPSA) is 60.7 Å². The van der Waals surface area contributed by atoms with Crippen molar-refractivity contribution >= 4 is 0 Å². The monoisotopic (exact) mass is 360 g/mol. The number of benzene rings is 1. The van der Waals surface area contributed by atoms with Crippen molar-refractivity contribution in [1.82, 2.24) is 0 Å². The normalized spacial score (nSPS) is 11.7. The molecule has 3 N–H and O–H groups in total. The third-order valence-electron chi connectivity index (χ3n) is 4.55. The van der Waals surface area contributed by atoms with Crippen LogP contribution in [0.4, 0.5) is 0 Å². The van der Waals surface area contributed by atoms with Crippen molar-refractivity contribution in [2.75, 3.05) is 0 Å². The Bertz CT molecular complexity index is 547. The second kappa shape index (κ2) is 14.3. The molecule has 0 amide bonds. The van der Waals surface area contributed by atoms with Crippen LogP contribution in [-0.2, 0) is 6.42 Å². The number of hydrogen-bond acceptors (Lipinski definition) is 3. The van der Waals surface area contributed by atoms with E-state index in [9.17, 15) is 15.3 Å². The van der Waals surface area contributed by atoms with Crippen molar-refractivity contribution in [3.63, 3.8) is 0 Å². The molecule has 146 valence electrons. The van der Waals surface area contributed by atoms with Gasteiger partial charge in [-0.05, 0) is 51.0 Å². The number of aromatic hydroxyl groups is 3. The molecule has 0 saturated carbocycles. The van der Waals surface area contributed by atoms with E-state index in [2.05, 4.69) is 31.2 Å². The summed E-state index contributed by atoms with van der Waals surface area (Å²) in [6.07, 6.45) is 22.8. The van der Waals surface area contributed by atoms with Gasteiger partial charge in [0.2, 0.25) is 0 Å². The molecule has 26 heavy (non-hydrogen) atoms. The minimum Gasteiger partial charge on any atom is -0.508 e.